The van der Waals surface area contributed by atoms with Crippen LogP contribution >= 0.6 is 0 Å². The molecule has 0 spiro atoms. The van der Waals surface area contributed by atoms with Crippen molar-refractivity contribution in [1.82, 2.24) is 4.90 Å². The van der Waals surface area contributed by atoms with Gasteiger partial charge in [0.1, 0.15) is 18.5 Å². The van der Waals surface area contributed by atoms with Gasteiger partial charge in [-0.3, -0.25) is 4.79 Å². The topological polar surface area (TPSA) is 49.8 Å². The quantitative estimate of drug-likeness (QED) is 0.720. The molecule has 128 valence electrons. The molecule has 24 heavy (non-hydrogen) atoms. The Balaban J connectivity index is 1.95. The van der Waals surface area contributed by atoms with E-state index in [2.05, 4.69) is 0 Å². The van der Waals surface area contributed by atoms with Crippen LogP contribution in [0.2, 0.25) is 0 Å². The summed E-state index contributed by atoms with van der Waals surface area (Å²) in [4.78, 5) is 14.4. The van der Waals surface area contributed by atoms with Gasteiger partial charge in [-0.15, -0.1) is 0 Å². The zero-order valence-corrected chi connectivity index (χ0v) is 14.3. The summed E-state index contributed by atoms with van der Waals surface area (Å²) in [7, 11) is 3.79. The minimum atomic E-state index is -0.590. The van der Waals surface area contributed by atoms with Gasteiger partial charge in [0.15, 0.2) is 5.78 Å². The molecule has 0 aliphatic carbocycles. The van der Waals surface area contributed by atoms with E-state index in [0.29, 0.717) is 30.7 Å². The Labute approximate surface area is 143 Å². The van der Waals surface area contributed by atoms with E-state index in [1.165, 1.54) is 0 Å². The third-order valence-corrected chi connectivity index (χ3v) is 3.68. The average Bonchev–Trinajstić information content (AvgIpc) is 2.58. The monoisotopic (exact) mass is 327 g/mol. The molecule has 0 radical (unpaired) electrons. The molecule has 0 aliphatic rings. The predicted octanol–water partition coefficient (Wildman–Crippen LogP) is 2.80. The number of aliphatic hydroxyl groups excluding tert-OH is 1. The summed E-state index contributed by atoms with van der Waals surface area (Å²) >= 11 is 0. The van der Waals surface area contributed by atoms with Gasteiger partial charge < -0.3 is 14.7 Å². The first-order chi connectivity index (χ1) is 11.6. The molecule has 0 unspecified atom stereocenters. The fourth-order valence-corrected chi connectivity index (χ4v) is 2.52. The molecule has 0 fully saturated rings. The normalized spacial score (nSPS) is 12.2. The number of carbonyl (C=O) groups is 1. The van der Waals surface area contributed by atoms with Gasteiger partial charge in [0.2, 0.25) is 0 Å². The van der Waals surface area contributed by atoms with Crippen molar-refractivity contribution >= 4 is 5.78 Å². The van der Waals surface area contributed by atoms with E-state index >= 15 is 0 Å². The predicted molar refractivity (Wildman–Crippen MR) is 95.6 cm³/mol. The van der Waals surface area contributed by atoms with Crippen molar-refractivity contribution in [3.05, 3.63) is 65.7 Å². The molecule has 0 aromatic heterocycles. The lowest BCUT2D eigenvalue weighted by atomic mass is 10.0. The van der Waals surface area contributed by atoms with Gasteiger partial charge in [0.25, 0.3) is 0 Å². The van der Waals surface area contributed by atoms with Crippen LogP contribution in [0.15, 0.2) is 54.6 Å². The van der Waals surface area contributed by atoms with Crippen LogP contribution in [0.4, 0.5) is 0 Å². The molecule has 4 heteroatoms. The first-order valence-corrected chi connectivity index (χ1v) is 8.18. The number of rotatable bonds is 9. The van der Waals surface area contributed by atoms with Crippen LogP contribution in [0.3, 0.4) is 0 Å². The molecule has 0 saturated carbocycles. The number of likely N-dealkylation sites (N-methyl/N-ethyl adjacent to an activating group) is 1. The summed E-state index contributed by atoms with van der Waals surface area (Å²) in [5.74, 6) is 0.588. The fourth-order valence-electron chi connectivity index (χ4n) is 2.52. The van der Waals surface area contributed by atoms with Crippen molar-refractivity contribution < 1.29 is 14.6 Å². The molecule has 0 aliphatic heterocycles. The minimum absolute atomic E-state index is 0.0524. The van der Waals surface area contributed by atoms with Gasteiger partial charge in [0, 0.05) is 13.0 Å². The first kappa shape index (κ1) is 18.2. The zero-order valence-electron chi connectivity index (χ0n) is 14.3. The molecule has 2 aromatic rings. The third-order valence-electron chi connectivity index (χ3n) is 3.68. The number of ether oxygens (including phenoxy) is 1. The second-order valence-electron chi connectivity index (χ2n) is 6.13. The Kier molecular flexibility index (Phi) is 6.97. The molecular formula is C20H25NO3. The number of carbonyl (C=O) groups excluding carboxylic acids is 1. The lowest BCUT2D eigenvalue weighted by Crippen LogP contribution is -2.30. The highest BCUT2D eigenvalue weighted by atomic mass is 16.5. The van der Waals surface area contributed by atoms with Crippen molar-refractivity contribution in [1.29, 1.82) is 0 Å². The van der Waals surface area contributed by atoms with Crippen LogP contribution in [0.5, 0.6) is 5.75 Å². The second kappa shape index (κ2) is 9.21. The van der Waals surface area contributed by atoms with E-state index in [9.17, 15) is 9.90 Å². The molecule has 0 bridgehead atoms. The Morgan fingerprint density at radius 1 is 1.08 bits per heavy atom. The standard InChI is InChI=1S/C20H25NO3/c1-21(2)14-17(22)15-24-20-11-7-6-10-18(20)19(23)13-12-16-8-4-3-5-9-16/h3-11,17,22H,12-15H2,1-2H3/t17-/m1/s1. The van der Waals surface area contributed by atoms with E-state index in [0.717, 1.165) is 5.56 Å². The molecule has 2 aromatic carbocycles. The Morgan fingerprint density at radius 2 is 1.75 bits per heavy atom. The van der Waals surface area contributed by atoms with Gasteiger partial charge in [-0.1, -0.05) is 42.5 Å². The van der Waals surface area contributed by atoms with Gasteiger partial charge in [0.05, 0.1) is 5.56 Å². The molecule has 0 heterocycles. The summed E-state index contributed by atoms with van der Waals surface area (Å²) in [6.07, 6.45) is 0.550. The number of hydrogen-bond donors (Lipinski definition) is 1. The van der Waals surface area contributed by atoms with Crippen molar-refractivity contribution in [2.75, 3.05) is 27.2 Å². The first-order valence-electron chi connectivity index (χ1n) is 8.18. The lowest BCUT2D eigenvalue weighted by molar-refractivity contribution is 0.0813. The number of hydrogen-bond acceptors (Lipinski definition) is 4. The van der Waals surface area contributed by atoms with E-state index in [1.54, 1.807) is 12.1 Å². The summed E-state index contributed by atoms with van der Waals surface area (Å²) in [5.41, 5.74) is 1.72. The average molecular weight is 327 g/mol. The number of nitrogens with zero attached hydrogens (tertiary/aromatic N) is 1. The van der Waals surface area contributed by atoms with Crippen LogP contribution in [0.1, 0.15) is 22.3 Å². The second-order valence-corrected chi connectivity index (χ2v) is 6.13. The maximum atomic E-state index is 12.5. The highest BCUT2D eigenvalue weighted by Gasteiger charge is 2.14. The van der Waals surface area contributed by atoms with E-state index < -0.39 is 6.10 Å². The minimum Gasteiger partial charge on any atom is -0.490 e. The summed E-state index contributed by atoms with van der Waals surface area (Å²) in [6.45, 7) is 0.686. The summed E-state index contributed by atoms with van der Waals surface area (Å²) in [6, 6.07) is 17.2. The van der Waals surface area contributed by atoms with Gasteiger partial charge in [-0.2, -0.15) is 0 Å². The molecule has 0 saturated heterocycles. The van der Waals surface area contributed by atoms with E-state index in [4.69, 9.17) is 4.74 Å². The molecule has 4 nitrogen and oxygen atoms in total. The SMILES string of the molecule is CN(C)C[C@@H](O)COc1ccccc1C(=O)CCc1ccccc1. The van der Waals surface area contributed by atoms with Crippen LogP contribution in [0.25, 0.3) is 0 Å². The highest BCUT2D eigenvalue weighted by molar-refractivity contribution is 5.98. The van der Waals surface area contributed by atoms with Crippen LogP contribution in [0, 0.1) is 0 Å². The van der Waals surface area contributed by atoms with E-state index in [1.807, 2.05) is 61.5 Å². The van der Waals surface area contributed by atoms with Crippen molar-refractivity contribution in [2.45, 2.75) is 18.9 Å². The third kappa shape index (κ3) is 5.80. The molecule has 2 rings (SSSR count). The summed E-state index contributed by atoms with van der Waals surface area (Å²) in [5, 5.41) is 9.91. The summed E-state index contributed by atoms with van der Waals surface area (Å²) < 4.78 is 5.68. The van der Waals surface area contributed by atoms with Gasteiger partial charge >= 0.3 is 0 Å². The largest absolute Gasteiger partial charge is 0.490 e. The van der Waals surface area contributed by atoms with E-state index in [-0.39, 0.29) is 12.4 Å². The van der Waals surface area contributed by atoms with Gasteiger partial charge in [-0.25, -0.2) is 0 Å². The molecule has 1 atom stereocenters. The van der Waals surface area contributed by atoms with Crippen LogP contribution in [-0.2, 0) is 6.42 Å². The lowest BCUT2D eigenvalue weighted by Gasteiger charge is -2.17. The number of Topliss-reactive ketones (excluding diaryl/α,β-unsaturated/α-hetero) is 1. The van der Waals surface area contributed by atoms with Gasteiger partial charge in [-0.05, 0) is 38.2 Å². The fraction of sp³-hybridized carbons (Fsp3) is 0.350. The maximum absolute atomic E-state index is 12.5. The number of benzene rings is 2. The number of aryl methyl sites for hydroxylation is 1. The van der Waals surface area contributed by atoms with Crippen LogP contribution in [-0.4, -0.2) is 49.1 Å². The zero-order chi connectivity index (χ0) is 17.4. The Bertz CT molecular complexity index is 640. The molecular weight excluding hydrogens is 302 g/mol. The maximum Gasteiger partial charge on any atom is 0.166 e. The van der Waals surface area contributed by atoms with Crippen molar-refractivity contribution in [2.24, 2.45) is 0 Å². The smallest absolute Gasteiger partial charge is 0.166 e. The Hall–Kier alpha value is -2.17. The number of ketones is 1. The number of aliphatic hydroxyl groups is 1. The van der Waals surface area contributed by atoms with Crippen molar-refractivity contribution in [3.63, 3.8) is 0 Å². The van der Waals surface area contributed by atoms with Crippen molar-refractivity contribution in [3.8, 4) is 5.75 Å². The Morgan fingerprint density at radius 3 is 2.46 bits per heavy atom. The number of para-hydroxylation sites is 1. The van der Waals surface area contributed by atoms with Crippen LogP contribution < -0.4 is 4.74 Å². The highest BCUT2D eigenvalue weighted by Crippen LogP contribution is 2.21. The molecule has 1 N–H and O–H groups in total. The molecule has 0 amide bonds.